The van der Waals surface area contributed by atoms with Crippen LogP contribution in [0.3, 0.4) is 0 Å². The van der Waals surface area contributed by atoms with Crippen LogP contribution >= 0.6 is 0 Å². The van der Waals surface area contributed by atoms with Gasteiger partial charge in [0.15, 0.2) is 34.7 Å². The standard InChI is InChI=1S/C26H33N5O7/c1-30(2)19-13-10-11-9-12-14(29-25(28)31-7-3-4-8-31)5-6-15(32)17(12)20(33)16(11)22(35)26(13,38)23(36)18(21(19)34)24(27)37/h5-6,11,13,16,18-19,25,29,32,38H,3-4,7-10,28H2,1-2H3,(H2,27,37)/t11-,13-,16?,18?,19-,25?,26-/m1/s1. The average molecular weight is 528 g/mol. The number of hydrogen-bond donors (Lipinski definition) is 5. The number of likely N-dealkylation sites (N-methyl/N-ethyl adjacent to an activating group) is 1. The molecule has 0 aromatic heterocycles. The minimum absolute atomic E-state index is 0.00281. The molecule has 0 spiro atoms. The first-order chi connectivity index (χ1) is 17.9. The second-order valence-corrected chi connectivity index (χ2v) is 11.1. The summed E-state index contributed by atoms with van der Waals surface area (Å²) in [6.45, 7) is 1.65. The van der Waals surface area contributed by atoms with Gasteiger partial charge in [0.2, 0.25) is 5.91 Å². The van der Waals surface area contributed by atoms with Crippen molar-refractivity contribution < 1.29 is 34.2 Å². The summed E-state index contributed by atoms with van der Waals surface area (Å²) in [6.07, 6.45) is 1.71. The highest BCUT2D eigenvalue weighted by atomic mass is 16.3. The fraction of sp³-hybridized carbons (Fsp3) is 0.577. The number of hydrogen-bond acceptors (Lipinski definition) is 11. The Hall–Kier alpha value is -3.19. The van der Waals surface area contributed by atoms with Crippen LogP contribution < -0.4 is 16.8 Å². The van der Waals surface area contributed by atoms with Gasteiger partial charge in [0.05, 0.1) is 17.5 Å². The minimum Gasteiger partial charge on any atom is -0.507 e. The van der Waals surface area contributed by atoms with E-state index in [0.717, 1.165) is 25.9 Å². The highest BCUT2D eigenvalue weighted by molar-refractivity contribution is 6.32. The smallest absolute Gasteiger partial charge is 0.235 e. The van der Waals surface area contributed by atoms with E-state index >= 15 is 0 Å². The molecular weight excluding hydrogens is 494 g/mol. The summed E-state index contributed by atoms with van der Waals surface area (Å²) >= 11 is 0. The SMILES string of the molecule is CN(C)[C@H]1C(=O)C(C(N)=O)C(=O)[C@]2(O)C(=O)C3C(=O)c4c(O)ccc(NC(N)N5CCCC5)c4C[C@@H]3C[C@H]12. The molecule has 1 aromatic rings. The number of primary amides is 1. The van der Waals surface area contributed by atoms with Crippen molar-refractivity contribution in [2.75, 3.05) is 32.5 Å². The van der Waals surface area contributed by atoms with Crippen LogP contribution in [0.5, 0.6) is 5.75 Å². The van der Waals surface area contributed by atoms with Crippen LogP contribution in [0.25, 0.3) is 0 Å². The minimum atomic E-state index is -2.74. The lowest BCUT2D eigenvalue weighted by Crippen LogP contribution is -2.74. The van der Waals surface area contributed by atoms with Gasteiger partial charge in [-0.2, -0.15) is 0 Å². The lowest BCUT2D eigenvalue weighted by atomic mass is 9.52. The molecule has 5 rings (SSSR count). The molecule has 38 heavy (non-hydrogen) atoms. The first kappa shape index (κ1) is 26.4. The Kier molecular flexibility index (Phi) is 6.41. The Labute approximate surface area is 219 Å². The molecule has 12 heteroatoms. The Balaban J connectivity index is 1.56. The van der Waals surface area contributed by atoms with Crippen LogP contribution in [0.4, 0.5) is 5.69 Å². The van der Waals surface area contributed by atoms with E-state index in [-0.39, 0.29) is 24.2 Å². The summed E-state index contributed by atoms with van der Waals surface area (Å²) in [7, 11) is 3.10. The maximum atomic E-state index is 13.8. The Bertz CT molecular complexity index is 1240. The number of nitrogens with zero attached hydrogens (tertiary/aromatic N) is 2. The van der Waals surface area contributed by atoms with Crippen molar-refractivity contribution in [2.45, 2.75) is 43.6 Å². The van der Waals surface area contributed by atoms with Gasteiger partial charge in [-0.1, -0.05) is 0 Å². The number of carbonyl (C=O) groups is 5. The van der Waals surface area contributed by atoms with E-state index < -0.39 is 70.6 Å². The first-order valence-electron chi connectivity index (χ1n) is 12.8. The van der Waals surface area contributed by atoms with Gasteiger partial charge in [0, 0.05) is 24.7 Å². The van der Waals surface area contributed by atoms with E-state index in [2.05, 4.69) is 10.2 Å². The maximum Gasteiger partial charge on any atom is 0.235 e. The van der Waals surface area contributed by atoms with Gasteiger partial charge in [0.1, 0.15) is 12.0 Å². The average Bonchev–Trinajstić information content (AvgIpc) is 3.38. The molecule has 3 unspecified atom stereocenters. The quantitative estimate of drug-likeness (QED) is 0.172. The number of ketones is 4. The number of likely N-dealkylation sites (tertiary alicyclic amines) is 1. The van der Waals surface area contributed by atoms with Crippen LogP contribution in [0, 0.1) is 23.7 Å². The molecule has 0 bridgehead atoms. The summed E-state index contributed by atoms with van der Waals surface area (Å²) in [5.41, 5.74) is 9.94. The number of phenolic OH excluding ortho intramolecular Hbond substituents is 1. The van der Waals surface area contributed by atoms with Crippen LogP contribution in [-0.2, 0) is 25.6 Å². The number of fused-ring (bicyclic) bond motifs is 3. The Morgan fingerprint density at radius 3 is 2.42 bits per heavy atom. The lowest BCUT2D eigenvalue weighted by Gasteiger charge is -2.52. The Morgan fingerprint density at radius 1 is 1.16 bits per heavy atom. The van der Waals surface area contributed by atoms with Crippen LogP contribution in [0.15, 0.2) is 12.1 Å². The topological polar surface area (TPSA) is 196 Å². The number of nitrogens with two attached hydrogens (primary N) is 2. The molecule has 1 aliphatic heterocycles. The third-order valence-electron chi connectivity index (χ3n) is 8.78. The lowest BCUT2D eigenvalue weighted by molar-refractivity contribution is -0.181. The fourth-order valence-corrected chi connectivity index (χ4v) is 7.01. The van der Waals surface area contributed by atoms with Crippen molar-refractivity contribution in [3.63, 3.8) is 0 Å². The highest BCUT2D eigenvalue weighted by Crippen LogP contribution is 2.51. The number of nitrogens with one attached hydrogen (secondary N) is 1. The third-order valence-corrected chi connectivity index (χ3v) is 8.78. The third kappa shape index (κ3) is 3.69. The molecule has 1 amide bonds. The largest absolute Gasteiger partial charge is 0.507 e. The number of anilines is 1. The van der Waals surface area contributed by atoms with E-state index in [4.69, 9.17) is 11.5 Å². The molecule has 12 nitrogen and oxygen atoms in total. The van der Waals surface area contributed by atoms with Crippen LogP contribution in [0.2, 0.25) is 0 Å². The molecule has 4 aliphatic rings. The predicted molar refractivity (Wildman–Crippen MR) is 134 cm³/mol. The van der Waals surface area contributed by atoms with Gasteiger partial charge in [-0.3, -0.25) is 39.5 Å². The van der Waals surface area contributed by atoms with Crippen LogP contribution in [0.1, 0.15) is 35.2 Å². The van der Waals surface area contributed by atoms with Gasteiger partial charge < -0.3 is 21.3 Å². The monoisotopic (exact) mass is 527 g/mol. The zero-order valence-corrected chi connectivity index (χ0v) is 21.3. The highest BCUT2D eigenvalue weighted by Gasteiger charge is 2.69. The normalized spacial score (nSPS) is 34.1. The molecule has 7 atom stereocenters. The zero-order valence-electron chi connectivity index (χ0n) is 21.3. The number of carbonyl (C=O) groups excluding carboxylic acids is 5. The second kappa shape index (κ2) is 9.23. The number of Topliss-reactive ketones (excluding diaryl/α,β-unsaturated/α-hetero) is 4. The molecule has 1 heterocycles. The molecule has 1 saturated heterocycles. The summed E-state index contributed by atoms with van der Waals surface area (Å²) in [5, 5.41) is 25.5. The number of rotatable bonds is 5. The molecule has 0 radical (unpaired) electrons. The molecule has 204 valence electrons. The van der Waals surface area contributed by atoms with Crippen molar-refractivity contribution in [3.05, 3.63) is 23.3 Å². The van der Waals surface area contributed by atoms with Gasteiger partial charge in [-0.05, 0) is 63.4 Å². The van der Waals surface area contributed by atoms with Gasteiger partial charge in [0.25, 0.3) is 0 Å². The number of aromatic hydroxyl groups is 1. The Morgan fingerprint density at radius 2 is 1.82 bits per heavy atom. The van der Waals surface area contributed by atoms with E-state index in [1.807, 2.05) is 0 Å². The zero-order chi connectivity index (χ0) is 27.7. The number of amides is 1. The van der Waals surface area contributed by atoms with E-state index in [9.17, 15) is 34.2 Å². The van der Waals surface area contributed by atoms with Gasteiger partial charge in [-0.15, -0.1) is 0 Å². The molecule has 3 fully saturated rings. The van der Waals surface area contributed by atoms with Gasteiger partial charge >= 0.3 is 0 Å². The maximum absolute atomic E-state index is 13.8. The predicted octanol–water partition coefficient (Wildman–Crippen LogP) is -1.38. The molecule has 7 N–H and O–H groups in total. The van der Waals surface area contributed by atoms with Crippen molar-refractivity contribution in [1.29, 1.82) is 0 Å². The van der Waals surface area contributed by atoms with Crippen molar-refractivity contribution in [1.82, 2.24) is 9.80 Å². The number of phenols is 1. The summed E-state index contributed by atoms with van der Waals surface area (Å²) in [5.74, 6) is -10.6. The van der Waals surface area contributed by atoms with Gasteiger partial charge in [-0.25, -0.2) is 0 Å². The molecule has 2 saturated carbocycles. The number of aliphatic hydroxyl groups is 1. The molecule has 3 aliphatic carbocycles. The van der Waals surface area contributed by atoms with E-state index in [1.165, 1.54) is 11.0 Å². The summed E-state index contributed by atoms with van der Waals surface area (Å²) in [4.78, 5) is 69.7. The molecule has 1 aromatic carbocycles. The van der Waals surface area contributed by atoms with E-state index in [0.29, 0.717) is 11.3 Å². The molecular formula is C26H33N5O7. The fourth-order valence-electron chi connectivity index (χ4n) is 7.01. The first-order valence-corrected chi connectivity index (χ1v) is 12.8. The number of benzene rings is 1. The summed E-state index contributed by atoms with van der Waals surface area (Å²) in [6, 6.07) is 1.84. The van der Waals surface area contributed by atoms with Crippen LogP contribution in [-0.4, -0.2) is 94.2 Å². The second-order valence-electron chi connectivity index (χ2n) is 11.1. The summed E-state index contributed by atoms with van der Waals surface area (Å²) < 4.78 is 0. The van der Waals surface area contributed by atoms with Crippen molar-refractivity contribution in [3.8, 4) is 5.75 Å². The van der Waals surface area contributed by atoms with E-state index in [1.54, 1.807) is 20.2 Å². The van der Waals surface area contributed by atoms with Crippen molar-refractivity contribution >= 4 is 34.7 Å². The van der Waals surface area contributed by atoms with Crippen molar-refractivity contribution in [2.24, 2.45) is 35.1 Å².